The number of urea groups is 1. The molecule has 1 fully saturated rings. The highest BCUT2D eigenvalue weighted by atomic mass is 32.1. The number of benzene rings is 1. The molecule has 1 aromatic carbocycles. The normalized spacial score (nSPS) is 14.9. The van der Waals surface area contributed by atoms with Gasteiger partial charge in [-0.3, -0.25) is 5.32 Å². The molecule has 0 aliphatic heterocycles. The first-order valence-corrected chi connectivity index (χ1v) is 6.16. The van der Waals surface area contributed by atoms with Crippen LogP contribution in [0.4, 0.5) is 14.3 Å². The molecule has 6 heteroatoms. The van der Waals surface area contributed by atoms with E-state index < -0.39 is 0 Å². The summed E-state index contributed by atoms with van der Waals surface area (Å²) >= 11 is 1.26. The molecule has 88 valence electrons. The Balaban J connectivity index is 1.77. The quantitative estimate of drug-likeness (QED) is 0.862. The molecule has 3 rings (SSSR count). The Morgan fingerprint density at radius 1 is 1.47 bits per heavy atom. The van der Waals surface area contributed by atoms with E-state index in [1.807, 2.05) is 0 Å². The minimum absolute atomic E-state index is 0.243. The molecule has 0 saturated heterocycles. The van der Waals surface area contributed by atoms with Crippen molar-refractivity contribution in [2.45, 2.75) is 18.9 Å². The SMILES string of the molecule is O=C(Nc1nc2ccc(F)cc2s1)NC1CC1. The maximum absolute atomic E-state index is 13.0. The van der Waals surface area contributed by atoms with E-state index in [1.165, 1.54) is 23.5 Å². The van der Waals surface area contributed by atoms with Crippen molar-refractivity contribution in [2.75, 3.05) is 5.32 Å². The number of hydrogen-bond acceptors (Lipinski definition) is 3. The van der Waals surface area contributed by atoms with Gasteiger partial charge < -0.3 is 5.32 Å². The number of rotatable bonds is 2. The maximum Gasteiger partial charge on any atom is 0.321 e. The van der Waals surface area contributed by atoms with Crippen molar-refractivity contribution in [3.05, 3.63) is 24.0 Å². The van der Waals surface area contributed by atoms with E-state index in [0.29, 0.717) is 16.7 Å². The molecule has 1 saturated carbocycles. The Bertz CT molecular complexity index is 579. The average molecular weight is 251 g/mol. The Morgan fingerprint density at radius 2 is 2.29 bits per heavy atom. The lowest BCUT2D eigenvalue weighted by Gasteiger charge is -2.01. The topological polar surface area (TPSA) is 54.0 Å². The first-order chi connectivity index (χ1) is 8.20. The third kappa shape index (κ3) is 2.36. The molecular formula is C11H10FN3OS. The predicted octanol–water partition coefficient (Wildman–Crippen LogP) is 2.72. The monoisotopic (exact) mass is 251 g/mol. The van der Waals surface area contributed by atoms with Crippen LogP contribution in [0, 0.1) is 5.82 Å². The van der Waals surface area contributed by atoms with Crippen LogP contribution in [0.2, 0.25) is 0 Å². The molecule has 17 heavy (non-hydrogen) atoms. The van der Waals surface area contributed by atoms with Crippen molar-refractivity contribution in [1.82, 2.24) is 10.3 Å². The summed E-state index contributed by atoms with van der Waals surface area (Å²) in [6.45, 7) is 0. The van der Waals surface area contributed by atoms with E-state index in [9.17, 15) is 9.18 Å². The van der Waals surface area contributed by atoms with Gasteiger partial charge in [-0.15, -0.1) is 0 Å². The van der Waals surface area contributed by atoms with Gasteiger partial charge >= 0.3 is 6.03 Å². The molecule has 1 aromatic heterocycles. The lowest BCUT2D eigenvalue weighted by Crippen LogP contribution is -2.30. The Labute approximate surface area is 101 Å². The Kier molecular flexibility index (Phi) is 2.44. The zero-order valence-electron chi connectivity index (χ0n) is 8.87. The van der Waals surface area contributed by atoms with Gasteiger partial charge in [0.15, 0.2) is 5.13 Å². The number of hydrogen-bond donors (Lipinski definition) is 2. The van der Waals surface area contributed by atoms with E-state index in [4.69, 9.17) is 0 Å². The summed E-state index contributed by atoms with van der Waals surface area (Å²) < 4.78 is 13.7. The van der Waals surface area contributed by atoms with Crippen molar-refractivity contribution in [3.8, 4) is 0 Å². The molecule has 2 amide bonds. The number of nitrogens with one attached hydrogen (secondary N) is 2. The van der Waals surface area contributed by atoms with Crippen LogP contribution >= 0.6 is 11.3 Å². The van der Waals surface area contributed by atoms with E-state index in [-0.39, 0.29) is 11.8 Å². The van der Waals surface area contributed by atoms with Crippen LogP contribution in [0.3, 0.4) is 0 Å². The van der Waals surface area contributed by atoms with Crippen molar-refractivity contribution in [3.63, 3.8) is 0 Å². The van der Waals surface area contributed by atoms with Gasteiger partial charge in [0.05, 0.1) is 10.2 Å². The van der Waals surface area contributed by atoms with E-state index in [0.717, 1.165) is 17.5 Å². The third-order valence-corrected chi connectivity index (χ3v) is 3.42. The van der Waals surface area contributed by atoms with Gasteiger partial charge in [0.25, 0.3) is 0 Å². The predicted molar refractivity (Wildman–Crippen MR) is 64.8 cm³/mol. The molecular weight excluding hydrogens is 241 g/mol. The summed E-state index contributed by atoms with van der Waals surface area (Å²) in [5, 5.41) is 5.95. The summed E-state index contributed by atoms with van der Waals surface area (Å²) in [5.74, 6) is -0.296. The fraction of sp³-hybridized carbons (Fsp3) is 0.273. The molecule has 1 heterocycles. The average Bonchev–Trinajstić information content (AvgIpc) is 2.97. The third-order valence-electron chi connectivity index (χ3n) is 2.48. The number of nitrogens with zero attached hydrogens (tertiary/aromatic N) is 1. The zero-order valence-corrected chi connectivity index (χ0v) is 9.68. The Morgan fingerprint density at radius 3 is 3.06 bits per heavy atom. The molecule has 0 unspecified atom stereocenters. The second-order valence-electron chi connectivity index (χ2n) is 4.00. The number of amides is 2. The summed E-state index contributed by atoms with van der Waals surface area (Å²) in [7, 11) is 0. The molecule has 1 aliphatic rings. The highest BCUT2D eigenvalue weighted by molar-refractivity contribution is 7.22. The lowest BCUT2D eigenvalue weighted by molar-refractivity contribution is 0.251. The van der Waals surface area contributed by atoms with Crippen molar-refractivity contribution in [2.24, 2.45) is 0 Å². The van der Waals surface area contributed by atoms with E-state index in [2.05, 4.69) is 15.6 Å². The van der Waals surface area contributed by atoms with Gasteiger partial charge in [-0.25, -0.2) is 14.2 Å². The number of carbonyl (C=O) groups excluding carboxylic acids is 1. The number of halogens is 1. The minimum atomic E-state index is -0.296. The van der Waals surface area contributed by atoms with Crippen LogP contribution in [-0.4, -0.2) is 17.1 Å². The smallest absolute Gasteiger partial charge is 0.321 e. The van der Waals surface area contributed by atoms with Crippen molar-refractivity contribution in [1.29, 1.82) is 0 Å². The zero-order chi connectivity index (χ0) is 11.8. The second kappa shape index (κ2) is 3.96. The highest BCUT2D eigenvalue weighted by Crippen LogP contribution is 2.26. The second-order valence-corrected chi connectivity index (χ2v) is 5.03. The van der Waals surface area contributed by atoms with E-state index >= 15 is 0 Å². The standard InChI is InChI=1S/C11H10FN3OS/c12-6-1-4-8-9(5-6)17-11(14-8)15-10(16)13-7-2-3-7/h1,4-5,7H,2-3H2,(H2,13,14,15,16). The number of thiazole rings is 1. The molecule has 0 bridgehead atoms. The van der Waals surface area contributed by atoms with Crippen LogP contribution in [0.5, 0.6) is 0 Å². The van der Waals surface area contributed by atoms with E-state index in [1.54, 1.807) is 6.07 Å². The first-order valence-electron chi connectivity index (χ1n) is 5.34. The van der Waals surface area contributed by atoms with Gasteiger partial charge in [0.2, 0.25) is 0 Å². The number of aromatic nitrogens is 1. The molecule has 0 atom stereocenters. The molecule has 2 aromatic rings. The molecule has 1 aliphatic carbocycles. The van der Waals surface area contributed by atoms with Crippen LogP contribution in [-0.2, 0) is 0 Å². The molecule has 4 nitrogen and oxygen atoms in total. The maximum atomic E-state index is 13.0. The largest absolute Gasteiger partial charge is 0.335 e. The van der Waals surface area contributed by atoms with Gasteiger partial charge in [0, 0.05) is 6.04 Å². The summed E-state index contributed by atoms with van der Waals surface area (Å²) in [6, 6.07) is 4.44. The van der Waals surface area contributed by atoms with Gasteiger partial charge in [-0.2, -0.15) is 0 Å². The van der Waals surface area contributed by atoms with Crippen LogP contribution in [0.1, 0.15) is 12.8 Å². The fourth-order valence-corrected chi connectivity index (χ4v) is 2.38. The van der Waals surface area contributed by atoms with Crippen molar-refractivity contribution >= 4 is 32.7 Å². The van der Waals surface area contributed by atoms with Crippen LogP contribution in [0.15, 0.2) is 18.2 Å². The number of carbonyl (C=O) groups is 1. The van der Waals surface area contributed by atoms with Gasteiger partial charge in [-0.05, 0) is 31.0 Å². The minimum Gasteiger partial charge on any atom is -0.335 e. The Hall–Kier alpha value is -1.69. The summed E-state index contributed by atoms with van der Waals surface area (Å²) in [5.41, 5.74) is 0.693. The molecule has 2 N–H and O–H groups in total. The van der Waals surface area contributed by atoms with Gasteiger partial charge in [-0.1, -0.05) is 11.3 Å². The summed E-state index contributed by atoms with van der Waals surface area (Å²) in [4.78, 5) is 15.7. The number of anilines is 1. The fourth-order valence-electron chi connectivity index (χ4n) is 1.50. The first kappa shape index (κ1) is 10.5. The summed E-state index contributed by atoms with van der Waals surface area (Å²) in [6.07, 6.45) is 2.08. The van der Waals surface area contributed by atoms with Crippen LogP contribution < -0.4 is 10.6 Å². The number of fused-ring (bicyclic) bond motifs is 1. The van der Waals surface area contributed by atoms with Gasteiger partial charge in [0.1, 0.15) is 5.82 Å². The van der Waals surface area contributed by atoms with Crippen molar-refractivity contribution < 1.29 is 9.18 Å². The molecule has 0 radical (unpaired) electrons. The van der Waals surface area contributed by atoms with Crippen LogP contribution in [0.25, 0.3) is 10.2 Å². The molecule has 0 spiro atoms. The highest BCUT2D eigenvalue weighted by Gasteiger charge is 2.23. The lowest BCUT2D eigenvalue weighted by atomic mass is 10.3.